The van der Waals surface area contributed by atoms with Gasteiger partial charge in [-0.05, 0) is 24.5 Å². The minimum atomic E-state index is -0.863. The third-order valence-corrected chi connectivity index (χ3v) is 3.37. The quantitative estimate of drug-likeness (QED) is 0.811. The average molecular weight is 254 g/mol. The summed E-state index contributed by atoms with van der Waals surface area (Å²) in [5.41, 5.74) is 4.59. The van der Waals surface area contributed by atoms with Crippen LogP contribution >= 0.6 is 0 Å². The van der Waals surface area contributed by atoms with Gasteiger partial charge in [0, 0.05) is 6.54 Å². The van der Waals surface area contributed by atoms with Crippen molar-refractivity contribution in [3.8, 4) is 0 Å². The molecule has 2 rings (SSSR count). The van der Waals surface area contributed by atoms with E-state index in [1.165, 1.54) is 19.3 Å². The molecular weight excluding hydrogens is 238 g/mol. The van der Waals surface area contributed by atoms with Crippen molar-refractivity contribution in [3.05, 3.63) is 29.3 Å². The van der Waals surface area contributed by atoms with E-state index in [4.69, 9.17) is 5.73 Å². The summed E-state index contributed by atoms with van der Waals surface area (Å²) in [7, 11) is 0. The SMILES string of the molecule is Nc1cc(F)cc(C(=O)NCCC2CCC2)c1F. The number of benzene rings is 1. The van der Waals surface area contributed by atoms with Crippen LogP contribution in [-0.2, 0) is 0 Å². The number of hydrogen-bond acceptors (Lipinski definition) is 2. The fourth-order valence-corrected chi connectivity index (χ4v) is 2.04. The topological polar surface area (TPSA) is 55.1 Å². The van der Waals surface area contributed by atoms with E-state index in [0.29, 0.717) is 12.5 Å². The highest BCUT2D eigenvalue weighted by Crippen LogP contribution is 2.28. The number of nitrogen functional groups attached to an aromatic ring is 1. The second-order valence-corrected chi connectivity index (χ2v) is 4.70. The first-order valence-corrected chi connectivity index (χ1v) is 6.10. The molecule has 0 saturated heterocycles. The minimum Gasteiger partial charge on any atom is -0.396 e. The second-order valence-electron chi connectivity index (χ2n) is 4.70. The molecule has 0 aliphatic heterocycles. The number of halogens is 2. The highest BCUT2D eigenvalue weighted by molar-refractivity contribution is 5.95. The van der Waals surface area contributed by atoms with Crippen molar-refractivity contribution in [2.24, 2.45) is 5.92 Å². The lowest BCUT2D eigenvalue weighted by atomic mass is 9.83. The number of nitrogens with one attached hydrogen (secondary N) is 1. The number of rotatable bonds is 4. The maximum absolute atomic E-state index is 13.5. The van der Waals surface area contributed by atoms with Crippen LogP contribution in [0.1, 0.15) is 36.0 Å². The standard InChI is InChI=1S/C13H16F2N2O/c14-9-6-10(12(15)11(16)7-9)13(18)17-5-4-8-2-1-3-8/h6-8H,1-5,16H2,(H,17,18). The van der Waals surface area contributed by atoms with Crippen LogP contribution in [-0.4, -0.2) is 12.5 Å². The zero-order valence-electron chi connectivity index (χ0n) is 10.0. The lowest BCUT2D eigenvalue weighted by Gasteiger charge is -2.25. The Morgan fingerprint density at radius 2 is 2.11 bits per heavy atom. The molecule has 3 nitrogen and oxygen atoms in total. The number of carbonyl (C=O) groups is 1. The number of amides is 1. The first kappa shape index (κ1) is 12.8. The molecule has 98 valence electrons. The van der Waals surface area contributed by atoms with Gasteiger partial charge in [0.1, 0.15) is 5.82 Å². The van der Waals surface area contributed by atoms with Crippen molar-refractivity contribution >= 4 is 11.6 Å². The summed E-state index contributed by atoms with van der Waals surface area (Å²) in [5, 5.41) is 2.59. The highest BCUT2D eigenvalue weighted by Gasteiger charge is 2.19. The summed E-state index contributed by atoms with van der Waals surface area (Å²) >= 11 is 0. The van der Waals surface area contributed by atoms with Crippen molar-refractivity contribution in [1.82, 2.24) is 5.32 Å². The largest absolute Gasteiger partial charge is 0.396 e. The van der Waals surface area contributed by atoms with Gasteiger partial charge < -0.3 is 11.1 Å². The zero-order valence-corrected chi connectivity index (χ0v) is 10.0. The summed E-state index contributed by atoms with van der Waals surface area (Å²) < 4.78 is 26.6. The van der Waals surface area contributed by atoms with E-state index in [1.54, 1.807) is 0 Å². The maximum atomic E-state index is 13.5. The molecule has 1 saturated carbocycles. The van der Waals surface area contributed by atoms with E-state index in [2.05, 4.69) is 5.32 Å². The van der Waals surface area contributed by atoms with Crippen LogP contribution in [0, 0.1) is 17.6 Å². The summed E-state index contributed by atoms with van der Waals surface area (Å²) in [6.45, 7) is 0.485. The molecule has 1 aromatic rings. The number of hydrogen-bond donors (Lipinski definition) is 2. The Balaban J connectivity index is 1.95. The predicted molar refractivity (Wildman–Crippen MR) is 65.1 cm³/mol. The van der Waals surface area contributed by atoms with Gasteiger partial charge in [0.15, 0.2) is 5.82 Å². The third-order valence-electron chi connectivity index (χ3n) is 3.37. The number of anilines is 1. The van der Waals surface area contributed by atoms with E-state index in [0.717, 1.165) is 18.6 Å². The van der Waals surface area contributed by atoms with Crippen LogP contribution < -0.4 is 11.1 Å². The number of nitrogens with two attached hydrogens (primary N) is 1. The van der Waals surface area contributed by atoms with E-state index in [-0.39, 0.29) is 11.3 Å². The first-order chi connectivity index (χ1) is 8.58. The fraction of sp³-hybridized carbons (Fsp3) is 0.462. The van der Waals surface area contributed by atoms with E-state index >= 15 is 0 Å². The third kappa shape index (κ3) is 2.78. The van der Waals surface area contributed by atoms with Gasteiger partial charge in [-0.1, -0.05) is 19.3 Å². The molecule has 0 aromatic heterocycles. The molecule has 5 heteroatoms. The van der Waals surface area contributed by atoms with Crippen LogP contribution in [0.5, 0.6) is 0 Å². The molecule has 1 aromatic carbocycles. The Morgan fingerprint density at radius 1 is 1.39 bits per heavy atom. The van der Waals surface area contributed by atoms with Crippen LogP contribution in [0.4, 0.5) is 14.5 Å². The Bertz CT molecular complexity index is 459. The van der Waals surface area contributed by atoms with Gasteiger partial charge in [0.25, 0.3) is 5.91 Å². The van der Waals surface area contributed by atoms with Gasteiger partial charge in [0.05, 0.1) is 11.3 Å². The molecule has 18 heavy (non-hydrogen) atoms. The van der Waals surface area contributed by atoms with Crippen LogP contribution in [0.3, 0.4) is 0 Å². The Labute approximate surface area is 104 Å². The summed E-state index contributed by atoms with van der Waals surface area (Å²) in [6, 6.07) is 1.73. The van der Waals surface area contributed by atoms with Gasteiger partial charge in [-0.3, -0.25) is 4.79 Å². The molecular formula is C13H16F2N2O. The van der Waals surface area contributed by atoms with Gasteiger partial charge in [-0.25, -0.2) is 8.78 Å². The Hall–Kier alpha value is -1.65. The summed E-state index contributed by atoms with van der Waals surface area (Å²) in [6.07, 6.45) is 4.51. The smallest absolute Gasteiger partial charge is 0.254 e. The Morgan fingerprint density at radius 3 is 2.72 bits per heavy atom. The van der Waals surface area contributed by atoms with Crippen LogP contribution in [0.2, 0.25) is 0 Å². The van der Waals surface area contributed by atoms with E-state index in [1.807, 2.05) is 0 Å². The Kier molecular flexibility index (Phi) is 3.79. The molecule has 1 aliphatic rings. The van der Waals surface area contributed by atoms with Crippen molar-refractivity contribution in [3.63, 3.8) is 0 Å². The zero-order chi connectivity index (χ0) is 13.1. The normalized spacial score (nSPS) is 15.2. The predicted octanol–water partition coefficient (Wildman–Crippen LogP) is 2.47. The van der Waals surface area contributed by atoms with Crippen molar-refractivity contribution in [2.75, 3.05) is 12.3 Å². The van der Waals surface area contributed by atoms with Crippen LogP contribution in [0.25, 0.3) is 0 Å². The van der Waals surface area contributed by atoms with Gasteiger partial charge in [-0.15, -0.1) is 0 Å². The second kappa shape index (κ2) is 5.33. The molecule has 0 radical (unpaired) electrons. The summed E-state index contributed by atoms with van der Waals surface area (Å²) in [5.74, 6) is -1.53. The van der Waals surface area contributed by atoms with Crippen molar-refractivity contribution < 1.29 is 13.6 Å². The van der Waals surface area contributed by atoms with Crippen molar-refractivity contribution in [2.45, 2.75) is 25.7 Å². The molecule has 3 N–H and O–H groups in total. The molecule has 0 spiro atoms. The lowest BCUT2D eigenvalue weighted by molar-refractivity contribution is 0.0944. The lowest BCUT2D eigenvalue weighted by Crippen LogP contribution is -2.28. The molecule has 0 atom stereocenters. The fourth-order valence-electron chi connectivity index (χ4n) is 2.04. The maximum Gasteiger partial charge on any atom is 0.254 e. The van der Waals surface area contributed by atoms with Crippen molar-refractivity contribution in [1.29, 1.82) is 0 Å². The molecule has 1 amide bonds. The van der Waals surface area contributed by atoms with Gasteiger partial charge >= 0.3 is 0 Å². The van der Waals surface area contributed by atoms with Gasteiger partial charge in [0.2, 0.25) is 0 Å². The summed E-state index contributed by atoms with van der Waals surface area (Å²) in [4.78, 5) is 11.7. The molecule has 1 fully saturated rings. The van der Waals surface area contributed by atoms with E-state index in [9.17, 15) is 13.6 Å². The average Bonchev–Trinajstić information content (AvgIpc) is 2.26. The van der Waals surface area contributed by atoms with E-state index < -0.39 is 17.5 Å². The number of carbonyl (C=O) groups excluding carboxylic acids is 1. The first-order valence-electron chi connectivity index (χ1n) is 6.10. The molecule has 0 heterocycles. The van der Waals surface area contributed by atoms with Gasteiger partial charge in [-0.2, -0.15) is 0 Å². The van der Waals surface area contributed by atoms with Crippen LogP contribution in [0.15, 0.2) is 12.1 Å². The highest BCUT2D eigenvalue weighted by atomic mass is 19.1. The minimum absolute atomic E-state index is 0.332. The molecule has 0 unspecified atom stereocenters. The molecule has 1 aliphatic carbocycles. The monoisotopic (exact) mass is 254 g/mol. The molecule has 0 bridgehead atoms.